The van der Waals surface area contributed by atoms with Gasteiger partial charge in [-0.15, -0.1) is 4.91 Å². The molecule has 5 nitrogen and oxygen atoms in total. The van der Waals surface area contributed by atoms with Crippen molar-refractivity contribution in [3.8, 4) is 0 Å². The van der Waals surface area contributed by atoms with Gasteiger partial charge in [0.1, 0.15) is 25.1 Å². The lowest BCUT2D eigenvalue weighted by Crippen LogP contribution is -2.55. The van der Waals surface area contributed by atoms with E-state index in [9.17, 15) is 4.91 Å². The number of ether oxygens (including phenoxy) is 1. The van der Waals surface area contributed by atoms with Crippen LogP contribution in [-0.2, 0) is 11.8 Å². The highest BCUT2D eigenvalue weighted by Gasteiger charge is 2.34. The second-order valence-corrected chi connectivity index (χ2v) is 5.12. The van der Waals surface area contributed by atoms with Gasteiger partial charge < -0.3 is 9.64 Å². The molecule has 1 aliphatic heterocycles. The van der Waals surface area contributed by atoms with Gasteiger partial charge in [-0.1, -0.05) is 0 Å². The molecule has 2 heterocycles. The summed E-state index contributed by atoms with van der Waals surface area (Å²) in [6.07, 6.45) is 3.19. The lowest BCUT2D eigenvalue weighted by molar-refractivity contribution is -0.685. The average Bonchev–Trinajstić information content (AvgIpc) is 2.58. The van der Waals surface area contributed by atoms with Crippen LogP contribution in [0.4, 0.5) is 0 Å². The molecule has 5 heteroatoms. The summed E-state index contributed by atoms with van der Waals surface area (Å²) in [5.41, 5.74) is -0.0460. The number of aromatic nitrogens is 1. The summed E-state index contributed by atoms with van der Waals surface area (Å²) in [5.74, 6) is 0.783. The Bertz CT molecular complexity index is 593. The highest BCUT2D eigenvalue weighted by Crippen LogP contribution is 2.26. The second-order valence-electron chi connectivity index (χ2n) is 5.12. The molecule has 1 aromatic rings. The van der Waals surface area contributed by atoms with E-state index in [2.05, 4.69) is 23.9 Å². The van der Waals surface area contributed by atoms with Crippen molar-refractivity contribution in [3.63, 3.8) is 0 Å². The maximum absolute atomic E-state index is 10.5. The van der Waals surface area contributed by atoms with E-state index in [4.69, 9.17) is 4.74 Å². The molecular formula is C13H18N3O2+. The zero-order valence-electron chi connectivity index (χ0n) is 11.2. The number of rotatable bonds is 1. The Kier molecular flexibility index (Phi) is 3.07. The van der Waals surface area contributed by atoms with Crippen molar-refractivity contribution in [1.82, 2.24) is 4.90 Å². The highest BCUT2D eigenvalue weighted by molar-refractivity contribution is 5.39. The zero-order chi connectivity index (χ0) is 13.3. The molecule has 1 saturated heterocycles. The summed E-state index contributed by atoms with van der Waals surface area (Å²) in [6.45, 7) is 4.86. The first-order valence-electron chi connectivity index (χ1n) is 5.85. The molecule has 0 atom stereocenters. The van der Waals surface area contributed by atoms with Gasteiger partial charge in [0.15, 0.2) is 6.20 Å². The number of nitroso groups, excluding NO2 is 1. The van der Waals surface area contributed by atoms with Crippen LogP contribution in [0.25, 0.3) is 12.1 Å². The first-order chi connectivity index (χ1) is 8.47. The van der Waals surface area contributed by atoms with Gasteiger partial charge in [0.25, 0.3) is 0 Å². The molecule has 0 unspecified atom stereocenters. The first kappa shape index (κ1) is 12.5. The van der Waals surface area contributed by atoms with Gasteiger partial charge >= 0.3 is 0 Å². The summed E-state index contributed by atoms with van der Waals surface area (Å²) in [4.78, 5) is 12.6. The van der Waals surface area contributed by atoms with Crippen molar-refractivity contribution in [2.75, 3.05) is 13.7 Å². The Labute approximate surface area is 106 Å². The van der Waals surface area contributed by atoms with E-state index in [1.165, 1.54) is 6.20 Å². The number of hydrogen-bond donors (Lipinski definition) is 0. The van der Waals surface area contributed by atoms with Crippen molar-refractivity contribution in [2.45, 2.75) is 19.4 Å². The fraction of sp³-hybridized carbons (Fsp3) is 0.462. The van der Waals surface area contributed by atoms with E-state index >= 15 is 0 Å². The van der Waals surface area contributed by atoms with E-state index in [-0.39, 0.29) is 5.54 Å². The van der Waals surface area contributed by atoms with Gasteiger partial charge in [0.05, 0.1) is 5.54 Å². The molecule has 1 aromatic heterocycles. The number of hydrogen-bond acceptors (Lipinski definition) is 4. The number of nitrogens with zero attached hydrogens (tertiary/aromatic N) is 3. The Morgan fingerprint density at radius 1 is 1.56 bits per heavy atom. The predicted molar refractivity (Wildman–Crippen MR) is 68.3 cm³/mol. The summed E-state index contributed by atoms with van der Waals surface area (Å²) < 4.78 is 7.63. The van der Waals surface area contributed by atoms with Crippen molar-refractivity contribution in [3.05, 3.63) is 33.8 Å². The van der Waals surface area contributed by atoms with E-state index in [1.807, 2.05) is 37.0 Å². The number of pyridine rings is 1. The van der Waals surface area contributed by atoms with Crippen LogP contribution in [0, 0.1) is 4.91 Å². The molecule has 2 rings (SSSR count). The topological polar surface area (TPSA) is 45.8 Å². The molecular weight excluding hydrogens is 230 g/mol. The second kappa shape index (κ2) is 4.40. The van der Waals surface area contributed by atoms with E-state index < -0.39 is 0 Å². The minimum absolute atomic E-state index is 0.0460. The normalized spacial score (nSPS) is 22.0. The molecule has 0 saturated carbocycles. The number of likely N-dealkylation sites (N-methyl/N-ethyl adjacent to an activating group) is 1. The maximum atomic E-state index is 10.5. The third kappa shape index (κ3) is 1.96. The van der Waals surface area contributed by atoms with E-state index in [1.54, 1.807) is 0 Å². The van der Waals surface area contributed by atoms with Crippen molar-refractivity contribution >= 4 is 12.1 Å². The Morgan fingerprint density at radius 2 is 2.28 bits per heavy atom. The van der Waals surface area contributed by atoms with Crippen molar-refractivity contribution in [2.24, 2.45) is 12.2 Å². The van der Waals surface area contributed by atoms with E-state index in [0.717, 1.165) is 16.5 Å². The molecule has 0 aliphatic carbocycles. The predicted octanol–water partition coefficient (Wildman–Crippen LogP) is -0.178. The zero-order valence-corrected chi connectivity index (χ0v) is 11.2. The van der Waals surface area contributed by atoms with Crippen molar-refractivity contribution in [1.29, 1.82) is 0 Å². The molecule has 0 spiro atoms. The summed E-state index contributed by atoms with van der Waals surface area (Å²) >= 11 is 0. The lowest BCUT2D eigenvalue weighted by atomic mass is 10.1. The van der Waals surface area contributed by atoms with Gasteiger partial charge in [-0.3, -0.25) is 0 Å². The Hall–Kier alpha value is -1.91. The van der Waals surface area contributed by atoms with Crippen molar-refractivity contribution < 1.29 is 9.30 Å². The van der Waals surface area contributed by atoms with Crippen LogP contribution in [0.3, 0.4) is 0 Å². The third-order valence-electron chi connectivity index (χ3n) is 3.41. The van der Waals surface area contributed by atoms with Crippen LogP contribution in [0.5, 0.6) is 0 Å². The molecule has 0 aromatic carbocycles. The Morgan fingerprint density at radius 3 is 2.83 bits per heavy atom. The highest BCUT2D eigenvalue weighted by atomic mass is 16.5. The standard InChI is InChI=1S/C13H18N3O2/c1-13(2)9-18-12(16(13)4)10-6-5-7-15(3)11(10)8-14-17/h5-8H,9H2,1-4H3/q+1/b11-8+. The molecule has 0 bridgehead atoms. The summed E-state index contributed by atoms with van der Waals surface area (Å²) in [7, 11) is 3.87. The molecule has 0 amide bonds. The summed E-state index contributed by atoms with van der Waals surface area (Å²) in [6, 6.07) is 3.86. The smallest absolute Gasteiger partial charge is 0.239 e. The van der Waals surface area contributed by atoms with Gasteiger partial charge in [-0.25, -0.2) is 0 Å². The Balaban J connectivity index is 2.77. The largest absolute Gasteiger partial charge is 0.476 e. The SMILES string of the molecule is CN1/C(=c2\ccc[n+](C)\c2=C\N=O)OCC1(C)C. The third-order valence-corrected chi connectivity index (χ3v) is 3.41. The van der Waals surface area contributed by atoms with Gasteiger partial charge in [-0.05, 0) is 25.1 Å². The monoisotopic (exact) mass is 248 g/mol. The van der Waals surface area contributed by atoms with Gasteiger partial charge in [-0.2, -0.15) is 4.57 Å². The molecule has 1 aliphatic rings. The van der Waals surface area contributed by atoms with Crippen LogP contribution in [0.2, 0.25) is 0 Å². The minimum Gasteiger partial charge on any atom is -0.476 e. The fourth-order valence-electron chi connectivity index (χ4n) is 1.99. The molecule has 96 valence electrons. The lowest BCUT2D eigenvalue weighted by Gasteiger charge is -2.25. The van der Waals surface area contributed by atoms with Crippen LogP contribution in [0.15, 0.2) is 23.5 Å². The van der Waals surface area contributed by atoms with Crippen LogP contribution in [-0.4, -0.2) is 24.1 Å². The molecule has 1 fully saturated rings. The fourth-order valence-corrected chi connectivity index (χ4v) is 1.99. The molecule has 0 N–H and O–H groups in total. The van der Waals surface area contributed by atoms with E-state index in [0.29, 0.717) is 6.61 Å². The minimum atomic E-state index is -0.0460. The quantitative estimate of drug-likeness (QED) is 0.512. The van der Waals surface area contributed by atoms with Crippen LogP contribution < -0.4 is 15.1 Å². The average molecular weight is 248 g/mol. The van der Waals surface area contributed by atoms with Gasteiger partial charge in [0, 0.05) is 13.1 Å². The molecule has 0 radical (unpaired) electrons. The summed E-state index contributed by atoms with van der Waals surface area (Å²) in [5, 5.41) is 4.50. The first-order valence-corrected chi connectivity index (χ1v) is 5.85. The van der Waals surface area contributed by atoms with Crippen LogP contribution >= 0.6 is 0 Å². The van der Waals surface area contributed by atoms with Gasteiger partial charge in [0.2, 0.25) is 11.2 Å². The maximum Gasteiger partial charge on any atom is 0.239 e. The molecule has 18 heavy (non-hydrogen) atoms. The number of aryl methyl sites for hydroxylation is 1. The van der Waals surface area contributed by atoms with Crippen LogP contribution in [0.1, 0.15) is 13.8 Å².